The predicted molar refractivity (Wildman–Crippen MR) is 100 cm³/mol. The van der Waals surface area contributed by atoms with Gasteiger partial charge in [-0.2, -0.15) is 0 Å². The van der Waals surface area contributed by atoms with Crippen molar-refractivity contribution < 1.29 is 4.79 Å². The molecule has 124 valence electrons. The Morgan fingerprint density at radius 2 is 2.12 bits per heavy atom. The van der Waals surface area contributed by atoms with Crippen LogP contribution in [-0.2, 0) is 10.2 Å². The van der Waals surface area contributed by atoms with Crippen LogP contribution in [0.1, 0.15) is 36.3 Å². The number of aryl methyl sites for hydroxylation is 1. The van der Waals surface area contributed by atoms with Gasteiger partial charge in [0.2, 0.25) is 5.91 Å². The maximum atomic E-state index is 12.3. The Morgan fingerprint density at radius 3 is 2.88 bits per heavy atom. The quantitative estimate of drug-likeness (QED) is 0.895. The minimum atomic E-state index is -0.511. The molecule has 2 aliphatic heterocycles. The minimum absolute atomic E-state index is 0.125. The summed E-state index contributed by atoms with van der Waals surface area (Å²) in [6.45, 7) is 7.34. The van der Waals surface area contributed by atoms with Gasteiger partial charge in [0, 0.05) is 28.9 Å². The average molecular weight is 338 g/mol. The van der Waals surface area contributed by atoms with Gasteiger partial charge >= 0.3 is 0 Å². The molecule has 1 aromatic heterocycles. The lowest BCUT2D eigenvalue weighted by Gasteiger charge is -2.49. The van der Waals surface area contributed by atoms with E-state index in [0.29, 0.717) is 6.42 Å². The third kappa shape index (κ3) is 2.06. The number of anilines is 1. The Bertz CT molecular complexity index is 822. The monoisotopic (exact) mass is 338 g/mol. The molecule has 4 rings (SSSR count). The molecule has 3 heterocycles. The molecule has 0 unspecified atom stereocenters. The van der Waals surface area contributed by atoms with Gasteiger partial charge in [0.05, 0.1) is 0 Å². The zero-order valence-corrected chi connectivity index (χ0v) is 15.1. The van der Waals surface area contributed by atoms with Crippen LogP contribution in [0.2, 0.25) is 0 Å². The zero-order valence-electron chi connectivity index (χ0n) is 14.3. The van der Waals surface area contributed by atoms with Crippen molar-refractivity contribution in [3.05, 3.63) is 57.8 Å². The number of nitrogens with zero attached hydrogens (tertiary/aromatic N) is 1. The smallest absolute Gasteiger partial charge is 0.223 e. The van der Waals surface area contributed by atoms with Crippen LogP contribution < -0.4 is 10.2 Å². The summed E-state index contributed by atoms with van der Waals surface area (Å²) < 4.78 is 0. The molecule has 1 atom stereocenters. The number of thiophene rings is 1. The molecule has 0 spiro atoms. The Balaban J connectivity index is 1.88. The maximum Gasteiger partial charge on any atom is 0.223 e. The van der Waals surface area contributed by atoms with Gasteiger partial charge in [0.25, 0.3) is 0 Å². The molecular weight excluding hydrogens is 316 g/mol. The van der Waals surface area contributed by atoms with Gasteiger partial charge in [-0.05, 0) is 42.2 Å². The fourth-order valence-corrected chi connectivity index (χ4v) is 4.67. The van der Waals surface area contributed by atoms with Crippen LogP contribution in [0.3, 0.4) is 0 Å². The van der Waals surface area contributed by atoms with Gasteiger partial charge in [0.1, 0.15) is 5.66 Å². The second kappa shape index (κ2) is 5.21. The van der Waals surface area contributed by atoms with Crippen molar-refractivity contribution in [3.63, 3.8) is 0 Å². The van der Waals surface area contributed by atoms with Crippen molar-refractivity contribution in [1.82, 2.24) is 5.32 Å². The first-order valence-electron chi connectivity index (χ1n) is 8.37. The topological polar surface area (TPSA) is 32.3 Å². The number of rotatable bonds is 2. The lowest BCUT2D eigenvalue weighted by Crippen LogP contribution is -2.68. The molecule has 1 amide bonds. The molecule has 4 heteroatoms. The SMILES string of the molecule is Cc1ccc2c(c1)C(C)(C)[C@@]1(/C=C/c3cccs3)NC(=O)CCN21. The van der Waals surface area contributed by atoms with Crippen LogP contribution in [-0.4, -0.2) is 18.1 Å². The molecule has 3 nitrogen and oxygen atoms in total. The maximum absolute atomic E-state index is 12.3. The lowest BCUT2D eigenvalue weighted by atomic mass is 9.74. The first-order valence-corrected chi connectivity index (χ1v) is 9.24. The molecule has 1 saturated heterocycles. The molecule has 0 aliphatic carbocycles. The summed E-state index contributed by atoms with van der Waals surface area (Å²) >= 11 is 1.71. The molecule has 1 aromatic carbocycles. The van der Waals surface area contributed by atoms with Crippen LogP contribution in [0.4, 0.5) is 5.69 Å². The summed E-state index contributed by atoms with van der Waals surface area (Å²) in [6.07, 6.45) is 4.87. The Morgan fingerprint density at radius 1 is 1.29 bits per heavy atom. The van der Waals surface area contributed by atoms with Crippen LogP contribution >= 0.6 is 11.3 Å². The van der Waals surface area contributed by atoms with E-state index in [0.717, 1.165) is 6.54 Å². The van der Waals surface area contributed by atoms with E-state index in [1.54, 1.807) is 11.3 Å². The van der Waals surface area contributed by atoms with Gasteiger partial charge in [0.15, 0.2) is 0 Å². The summed E-state index contributed by atoms with van der Waals surface area (Å²) in [7, 11) is 0. The van der Waals surface area contributed by atoms with Crippen molar-refractivity contribution in [1.29, 1.82) is 0 Å². The van der Waals surface area contributed by atoms with Crippen molar-refractivity contribution in [2.75, 3.05) is 11.4 Å². The average Bonchev–Trinajstić information content (AvgIpc) is 3.11. The second-order valence-corrected chi connectivity index (χ2v) is 8.19. The third-order valence-electron chi connectivity index (χ3n) is 5.42. The van der Waals surface area contributed by atoms with Gasteiger partial charge in [-0.3, -0.25) is 4.79 Å². The van der Waals surface area contributed by atoms with E-state index in [1.807, 2.05) is 0 Å². The van der Waals surface area contributed by atoms with E-state index in [2.05, 4.69) is 78.9 Å². The van der Waals surface area contributed by atoms with E-state index in [1.165, 1.54) is 21.7 Å². The highest BCUT2D eigenvalue weighted by atomic mass is 32.1. The number of fused-ring (bicyclic) bond motifs is 3. The summed E-state index contributed by atoms with van der Waals surface area (Å²) in [5, 5.41) is 5.39. The Kier molecular flexibility index (Phi) is 3.36. The fraction of sp³-hybridized carbons (Fsp3) is 0.350. The molecule has 1 fully saturated rings. The van der Waals surface area contributed by atoms with Crippen LogP contribution in [0.15, 0.2) is 41.8 Å². The van der Waals surface area contributed by atoms with E-state index in [-0.39, 0.29) is 11.3 Å². The second-order valence-electron chi connectivity index (χ2n) is 7.21. The number of benzene rings is 1. The molecule has 24 heavy (non-hydrogen) atoms. The summed E-state index contributed by atoms with van der Waals surface area (Å²) in [6, 6.07) is 10.8. The highest BCUT2D eigenvalue weighted by Gasteiger charge is 2.57. The van der Waals surface area contributed by atoms with Gasteiger partial charge in [-0.25, -0.2) is 0 Å². The third-order valence-corrected chi connectivity index (χ3v) is 6.26. The number of carbonyl (C=O) groups excluding carboxylic acids is 1. The number of hydrogen-bond donors (Lipinski definition) is 1. The zero-order chi connectivity index (χ0) is 16.9. The lowest BCUT2D eigenvalue weighted by molar-refractivity contribution is -0.124. The molecular formula is C20H22N2OS. The summed E-state index contributed by atoms with van der Waals surface area (Å²) in [4.78, 5) is 15.9. The first-order chi connectivity index (χ1) is 11.4. The highest BCUT2D eigenvalue weighted by molar-refractivity contribution is 7.10. The molecule has 0 saturated carbocycles. The number of amides is 1. The van der Waals surface area contributed by atoms with Crippen molar-refractivity contribution >= 4 is 29.0 Å². The van der Waals surface area contributed by atoms with Crippen LogP contribution in [0.25, 0.3) is 6.08 Å². The predicted octanol–water partition coefficient (Wildman–Crippen LogP) is 4.08. The molecule has 1 N–H and O–H groups in total. The fourth-order valence-electron chi connectivity index (χ4n) is 4.06. The number of hydrogen-bond acceptors (Lipinski definition) is 3. The van der Waals surface area contributed by atoms with Crippen LogP contribution in [0, 0.1) is 6.92 Å². The Hall–Kier alpha value is -2.07. The normalized spacial score (nSPS) is 24.8. The summed E-state index contributed by atoms with van der Waals surface area (Å²) in [5.74, 6) is 0.125. The van der Waals surface area contributed by atoms with Crippen LogP contribution in [0.5, 0.6) is 0 Å². The van der Waals surface area contributed by atoms with E-state index in [4.69, 9.17) is 0 Å². The van der Waals surface area contributed by atoms with E-state index in [9.17, 15) is 4.79 Å². The first kappa shape index (κ1) is 15.5. The molecule has 2 aliphatic rings. The van der Waals surface area contributed by atoms with Gasteiger partial charge in [-0.1, -0.05) is 37.6 Å². The molecule has 0 radical (unpaired) electrons. The van der Waals surface area contributed by atoms with Crippen molar-refractivity contribution in [2.45, 2.75) is 38.3 Å². The standard InChI is InChI=1S/C20H22N2OS/c1-14-6-7-17-16(13-14)19(2,3)20(10-8-15-5-4-12-24-15)21-18(23)9-11-22(17)20/h4-8,10,12-13H,9,11H2,1-3H3,(H,21,23)/b10-8+/t20-/m0/s1. The molecule has 2 aromatic rings. The highest BCUT2D eigenvalue weighted by Crippen LogP contribution is 2.52. The van der Waals surface area contributed by atoms with E-state index >= 15 is 0 Å². The minimum Gasteiger partial charge on any atom is -0.344 e. The van der Waals surface area contributed by atoms with E-state index < -0.39 is 5.66 Å². The summed E-state index contributed by atoms with van der Waals surface area (Å²) in [5.41, 5.74) is 3.08. The largest absolute Gasteiger partial charge is 0.344 e. The van der Waals surface area contributed by atoms with Crippen molar-refractivity contribution in [2.24, 2.45) is 0 Å². The van der Waals surface area contributed by atoms with Gasteiger partial charge < -0.3 is 10.2 Å². The van der Waals surface area contributed by atoms with Gasteiger partial charge in [-0.15, -0.1) is 11.3 Å². The number of nitrogens with one attached hydrogen (secondary N) is 1. The Labute approximate surface area is 147 Å². The van der Waals surface area contributed by atoms with Crippen molar-refractivity contribution in [3.8, 4) is 0 Å². The molecule has 0 bridgehead atoms. The number of carbonyl (C=O) groups is 1.